The Morgan fingerprint density at radius 1 is 1.56 bits per heavy atom. The first-order chi connectivity index (χ1) is 8.79. The smallest absolute Gasteiger partial charge is 0.224 e. The zero-order valence-corrected chi connectivity index (χ0v) is 10.2. The number of hydrogen-bond acceptors (Lipinski definition) is 4. The normalized spacial score (nSPS) is 19.4. The molecule has 1 amide bonds. The van der Waals surface area contributed by atoms with E-state index in [-0.39, 0.29) is 11.8 Å². The van der Waals surface area contributed by atoms with Gasteiger partial charge in [0.2, 0.25) is 5.91 Å². The average Bonchev–Trinajstić information content (AvgIpc) is 3.05. The molecular formula is C12H15N5O. The van der Waals surface area contributed by atoms with E-state index in [2.05, 4.69) is 25.2 Å². The number of carbonyl (C=O) groups is 1. The lowest BCUT2D eigenvalue weighted by Gasteiger charge is -2.17. The van der Waals surface area contributed by atoms with Crippen molar-refractivity contribution in [1.82, 2.24) is 20.3 Å². The van der Waals surface area contributed by atoms with E-state index in [9.17, 15) is 4.79 Å². The molecule has 18 heavy (non-hydrogen) atoms. The fourth-order valence-corrected chi connectivity index (χ4v) is 2.48. The van der Waals surface area contributed by atoms with Gasteiger partial charge in [-0.1, -0.05) is 0 Å². The molecule has 2 aromatic heterocycles. The van der Waals surface area contributed by atoms with Crippen LogP contribution >= 0.6 is 0 Å². The number of hydrogen-bond donors (Lipinski definition) is 2. The topological polar surface area (TPSA) is 73.9 Å². The number of nitrogens with one attached hydrogen (secondary N) is 2. The van der Waals surface area contributed by atoms with Gasteiger partial charge in [-0.2, -0.15) is 0 Å². The van der Waals surface area contributed by atoms with Gasteiger partial charge in [-0.25, -0.2) is 9.97 Å². The van der Waals surface area contributed by atoms with Gasteiger partial charge in [-0.3, -0.25) is 4.79 Å². The lowest BCUT2D eigenvalue weighted by Crippen LogP contribution is -2.30. The zero-order chi connectivity index (χ0) is 12.5. The molecule has 3 rings (SSSR count). The Bertz CT molecular complexity index is 579. The molecular weight excluding hydrogens is 230 g/mol. The van der Waals surface area contributed by atoms with Gasteiger partial charge in [-0.15, -0.1) is 0 Å². The SMILES string of the molecule is CNC(=O)C1CCN(c2ncnc3[nH]ccc23)C1. The third kappa shape index (κ3) is 1.70. The molecule has 1 atom stereocenters. The molecule has 0 aromatic carbocycles. The minimum atomic E-state index is 0.0546. The van der Waals surface area contributed by atoms with Crippen molar-refractivity contribution in [3.05, 3.63) is 18.6 Å². The highest BCUT2D eigenvalue weighted by atomic mass is 16.1. The highest BCUT2D eigenvalue weighted by Gasteiger charge is 2.29. The van der Waals surface area contributed by atoms with Crippen molar-refractivity contribution in [1.29, 1.82) is 0 Å². The lowest BCUT2D eigenvalue weighted by molar-refractivity contribution is -0.123. The van der Waals surface area contributed by atoms with Gasteiger partial charge < -0.3 is 15.2 Å². The number of carbonyl (C=O) groups excluding carboxylic acids is 1. The molecule has 6 nitrogen and oxygen atoms in total. The van der Waals surface area contributed by atoms with Gasteiger partial charge in [0.25, 0.3) is 0 Å². The molecule has 94 valence electrons. The van der Waals surface area contributed by atoms with Crippen LogP contribution < -0.4 is 10.2 Å². The van der Waals surface area contributed by atoms with Crippen LogP contribution in [0.15, 0.2) is 18.6 Å². The van der Waals surface area contributed by atoms with Gasteiger partial charge in [0.05, 0.1) is 11.3 Å². The van der Waals surface area contributed by atoms with Crippen molar-refractivity contribution < 1.29 is 4.79 Å². The van der Waals surface area contributed by atoms with Crippen LogP contribution in [0.25, 0.3) is 11.0 Å². The number of nitrogens with zero attached hydrogens (tertiary/aromatic N) is 3. The van der Waals surface area contributed by atoms with E-state index < -0.39 is 0 Å². The van der Waals surface area contributed by atoms with E-state index >= 15 is 0 Å². The second-order valence-electron chi connectivity index (χ2n) is 4.48. The fourth-order valence-electron chi connectivity index (χ4n) is 2.48. The van der Waals surface area contributed by atoms with Crippen LogP contribution in [0.5, 0.6) is 0 Å². The summed E-state index contributed by atoms with van der Waals surface area (Å²) in [5, 5.41) is 3.72. The third-order valence-electron chi connectivity index (χ3n) is 3.44. The Labute approximate surface area is 104 Å². The molecule has 0 spiro atoms. The van der Waals surface area contributed by atoms with Crippen LogP contribution in [-0.4, -0.2) is 41.0 Å². The van der Waals surface area contributed by atoms with Crippen LogP contribution in [0, 0.1) is 5.92 Å². The Kier molecular flexibility index (Phi) is 2.62. The van der Waals surface area contributed by atoms with Gasteiger partial charge in [0, 0.05) is 26.3 Å². The van der Waals surface area contributed by atoms with Gasteiger partial charge >= 0.3 is 0 Å². The van der Waals surface area contributed by atoms with Crippen molar-refractivity contribution in [2.45, 2.75) is 6.42 Å². The molecule has 2 N–H and O–H groups in total. The Morgan fingerprint density at radius 2 is 2.44 bits per heavy atom. The first-order valence-electron chi connectivity index (χ1n) is 6.04. The van der Waals surface area contributed by atoms with Crippen molar-refractivity contribution in [3.8, 4) is 0 Å². The standard InChI is InChI=1S/C12H15N5O/c1-13-12(18)8-3-5-17(6-8)11-9-2-4-14-10(9)15-7-16-11/h2,4,7-8H,3,5-6H2,1H3,(H,13,18)(H,14,15,16). The van der Waals surface area contributed by atoms with E-state index in [1.807, 2.05) is 12.3 Å². The molecule has 1 aliphatic rings. The van der Waals surface area contributed by atoms with Gasteiger partial charge in [0.15, 0.2) is 0 Å². The molecule has 1 aliphatic heterocycles. The molecule has 2 aromatic rings. The summed E-state index contributed by atoms with van der Waals surface area (Å²) in [5.41, 5.74) is 0.836. The lowest BCUT2D eigenvalue weighted by atomic mass is 10.1. The molecule has 6 heteroatoms. The summed E-state index contributed by atoms with van der Waals surface area (Å²) in [7, 11) is 1.68. The third-order valence-corrected chi connectivity index (χ3v) is 3.44. The molecule has 3 heterocycles. The van der Waals surface area contributed by atoms with Crippen LogP contribution in [0.4, 0.5) is 5.82 Å². The monoisotopic (exact) mass is 245 g/mol. The number of rotatable bonds is 2. The first-order valence-corrected chi connectivity index (χ1v) is 6.04. The number of H-pyrrole nitrogens is 1. The molecule has 0 saturated carbocycles. The number of aromatic nitrogens is 3. The minimum Gasteiger partial charge on any atom is -0.359 e. The maximum atomic E-state index is 11.6. The number of fused-ring (bicyclic) bond motifs is 1. The van der Waals surface area contributed by atoms with E-state index in [1.165, 1.54) is 0 Å². The van der Waals surface area contributed by atoms with E-state index in [1.54, 1.807) is 13.4 Å². The average molecular weight is 245 g/mol. The van der Waals surface area contributed by atoms with Crippen LogP contribution in [0.1, 0.15) is 6.42 Å². The summed E-state index contributed by atoms with van der Waals surface area (Å²) in [6.45, 7) is 1.58. The van der Waals surface area contributed by atoms with E-state index in [4.69, 9.17) is 0 Å². The molecule has 0 bridgehead atoms. The zero-order valence-electron chi connectivity index (χ0n) is 10.2. The minimum absolute atomic E-state index is 0.0546. The first kappa shape index (κ1) is 11.0. The number of anilines is 1. The number of amides is 1. The summed E-state index contributed by atoms with van der Waals surface area (Å²) in [4.78, 5) is 25.4. The predicted molar refractivity (Wildman–Crippen MR) is 68.3 cm³/mol. The van der Waals surface area contributed by atoms with Crippen LogP contribution in [0.3, 0.4) is 0 Å². The maximum absolute atomic E-state index is 11.6. The number of aromatic amines is 1. The summed E-state index contributed by atoms with van der Waals surface area (Å²) in [6, 6.07) is 1.97. The fraction of sp³-hybridized carbons (Fsp3) is 0.417. The van der Waals surface area contributed by atoms with Gasteiger partial charge in [0.1, 0.15) is 17.8 Å². The Balaban J connectivity index is 1.88. The molecule has 1 unspecified atom stereocenters. The van der Waals surface area contributed by atoms with Gasteiger partial charge in [-0.05, 0) is 12.5 Å². The molecule has 0 aliphatic carbocycles. The second-order valence-corrected chi connectivity index (χ2v) is 4.48. The van der Waals surface area contributed by atoms with E-state index in [0.29, 0.717) is 0 Å². The summed E-state index contributed by atoms with van der Waals surface area (Å²) < 4.78 is 0. The van der Waals surface area contributed by atoms with Crippen molar-refractivity contribution in [2.24, 2.45) is 5.92 Å². The van der Waals surface area contributed by atoms with Crippen LogP contribution in [0.2, 0.25) is 0 Å². The summed E-state index contributed by atoms with van der Waals surface area (Å²) >= 11 is 0. The van der Waals surface area contributed by atoms with Crippen molar-refractivity contribution in [2.75, 3.05) is 25.0 Å². The van der Waals surface area contributed by atoms with Crippen molar-refractivity contribution in [3.63, 3.8) is 0 Å². The van der Waals surface area contributed by atoms with Crippen LogP contribution in [-0.2, 0) is 4.79 Å². The predicted octanol–water partition coefficient (Wildman–Crippen LogP) is 0.530. The second kappa shape index (κ2) is 4.29. The molecule has 0 radical (unpaired) electrons. The van der Waals surface area contributed by atoms with E-state index in [0.717, 1.165) is 36.4 Å². The highest BCUT2D eigenvalue weighted by molar-refractivity contribution is 5.88. The summed E-state index contributed by atoms with van der Waals surface area (Å²) in [6.07, 6.45) is 4.28. The largest absolute Gasteiger partial charge is 0.359 e. The molecule has 1 fully saturated rings. The highest BCUT2D eigenvalue weighted by Crippen LogP contribution is 2.27. The quantitative estimate of drug-likeness (QED) is 0.809. The molecule has 1 saturated heterocycles. The maximum Gasteiger partial charge on any atom is 0.224 e. The Hall–Kier alpha value is -2.11. The van der Waals surface area contributed by atoms with Crippen molar-refractivity contribution >= 4 is 22.8 Å². The Morgan fingerprint density at radius 3 is 3.28 bits per heavy atom. The summed E-state index contributed by atoms with van der Waals surface area (Å²) in [5.74, 6) is 1.07.